The topological polar surface area (TPSA) is 87.3 Å². The van der Waals surface area contributed by atoms with Crippen LogP contribution in [0.2, 0.25) is 0 Å². The molecule has 7 heteroatoms. The van der Waals surface area contributed by atoms with E-state index in [1.807, 2.05) is 13.8 Å². The van der Waals surface area contributed by atoms with Crippen molar-refractivity contribution in [1.29, 1.82) is 0 Å². The number of aromatic nitrogens is 2. The number of alkyl carbamates (subject to hydrolysis) is 1. The van der Waals surface area contributed by atoms with Crippen molar-refractivity contribution in [1.82, 2.24) is 20.2 Å². The number of hydrogen-bond donors (Lipinski definition) is 2. The molecule has 0 aliphatic carbocycles. The Morgan fingerprint density at radius 3 is 2.93 bits per heavy atom. The molecule has 7 nitrogen and oxygen atoms in total. The molecular weight excluding hydrogens is 344 g/mol. The predicted octanol–water partition coefficient (Wildman–Crippen LogP) is 2.22. The Kier molecular flexibility index (Phi) is 7.31. The van der Waals surface area contributed by atoms with Crippen LogP contribution in [0.25, 0.3) is 0 Å². The van der Waals surface area contributed by atoms with E-state index in [1.165, 1.54) is 7.11 Å². The first-order valence-corrected chi connectivity index (χ1v) is 9.10. The number of carbonyl (C=O) groups is 2. The number of nitrogens with zero attached hydrogens (tertiary/aromatic N) is 2. The van der Waals surface area contributed by atoms with E-state index in [0.29, 0.717) is 30.9 Å². The van der Waals surface area contributed by atoms with Gasteiger partial charge in [-0.2, -0.15) is 0 Å². The van der Waals surface area contributed by atoms with Gasteiger partial charge in [0.05, 0.1) is 19.3 Å². The minimum absolute atomic E-state index is 0.0629. The second-order valence-electron chi connectivity index (χ2n) is 6.74. The predicted molar refractivity (Wildman–Crippen MR) is 101 cm³/mol. The molecule has 1 aromatic heterocycles. The number of rotatable bonds is 5. The van der Waals surface area contributed by atoms with E-state index >= 15 is 0 Å². The molecule has 1 saturated heterocycles. The quantitative estimate of drug-likeness (QED) is 0.615. The summed E-state index contributed by atoms with van der Waals surface area (Å²) < 4.78 is 4.65. The van der Waals surface area contributed by atoms with Gasteiger partial charge in [0.25, 0.3) is 0 Å². The maximum Gasteiger partial charge on any atom is 0.407 e. The molecule has 1 aromatic rings. The third-order valence-electron chi connectivity index (χ3n) is 4.46. The van der Waals surface area contributed by atoms with Gasteiger partial charge in [-0.3, -0.25) is 4.79 Å². The third kappa shape index (κ3) is 5.27. The number of hydrogen-bond acceptors (Lipinski definition) is 4. The standard InChI is InChI=1S/C20H26N4O3/c1-5-6-7-8-10-15-13-21-18(22-15)16-11-9-12-24(16)19(25)17(14(2)3)23-20(26)27-4/h1,13-14,16-17H,6-7,9,11-12H2,2-4H3,(H,21,22)(H,23,26)/t16-,17-/m0/s1. The van der Waals surface area contributed by atoms with Gasteiger partial charge >= 0.3 is 6.09 Å². The van der Waals surface area contributed by atoms with Crippen LogP contribution in [0.3, 0.4) is 0 Å². The lowest BCUT2D eigenvalue weighted by atomic mass is 10.0. The lowest BCUT2D eigenvalue weighted by Crippen LogP contribution is -2.51. The maximum atomic E-state index is 13.0. The van der Waals surface area contributed by atoms with Crippen molar-refractivity contribution in [2.75, 3.05) is 13.7 Å². The molecule has 2 N–H and O–H groups in total. The van der Waals surface area contributed by atoms with Crippen molar-refractivity contribution < 1.29 is 14.3 Å². The summed E-state index contributed by atoms with van der Waals surface area (Å²) in [5, 5.41) is 2.64. The van der Waals surface area contributed by atoms with E-state index < -0.39 is 12.1 Å². The summed E-state index contributed by atoms with van der Waals surface area (Å²) in [7, 11) is 1.28. The highest BCUT2D eigenvalue weighted by molar-refractivity contribution is 5.86. The summed E-state index contributed by atoms with van der Waals surface area (Å²) in [6, 6.07) is -0.796. The first-order chi connectivity index (χ1) is 13.0. The summed E-state index contributed by atoms with van der Waals surface area (Å²) in [4.78, 5) is 34.0. The Bertz CT molecular complexity index is 766. The molecule has 0 unspecified atom stereocenters. The van der Waals surface area contributed by atoms with Crippen molar-refractivity contribution >= 4 is 12.0 Å². The molecular formula is C20H26N4O3. The molecule has 1 fully saturated rings. The van der Waals surface area contributed by atoms with Gasteiger partial charge in [0.2, 0.25) is 5.91 Å². The number of aromatic amines is 1. The number of unbranched alkanes of at least 4 members (excludes halogenated alkanes) is 1. The van der Waals surface area contributed by atoms with E-state index in [-0.39, 0.29) is 17.9 Å². The normalized spacial score (nSPS) is 17.0. The van der Waals surface area contributed by atoms with Gasteiger partial charge in [0.1, 0.15) is 17.6 Å². The van der Waals surface area contributed by atoms with Crippen molar-refractivity contribution in [3.8, 4) is 24.2 Å². The Morgan fingerprint density at radius 1 is 1.48 bits per heavy atom. The fraction of sp³-hybridized carbons (Fsp3) is 0.550. The van der Waals surface area contributed by atoms with E-state index in [0.717, 1.165) is 12.8 Å². The number of nitrogens with one attached hydrogen (secondary N) is 2. The molecule has 1 aliphatic heterocycles. The second-order valence-corrected chi connectivity index (χ2v) is 6.74. The van der Waals surface area contributed by atoms with Crippen molar-refractivity contribution in [2.24, 2.45) is 5.92 Å². The van der Waals surface area contributed by atoms with E-state index in [4.69, 9.17) is 6.42 Å². The average Bonchev–Trinajstić information content (AvgIpc) is 3.31. The zero-order chi connectivity index (χ0) is 19.8. The number of H-pyrrole nitrogens is 1. The highest BCUT2D eigenvalue weighted by atomic mass is 16.5. The molecule has 0 saturated carbocycles. The highest BCUT2D eigenvalue weighted by Crippen LogP contribution is 2.31. The molecule has 2 heterocycles. The molecule has 2 atom stereocenters. The molecule has 0 radical (unpaired) electrons. The third-order valence-corrected chi connectivity index (χ3v) is 4.46. The fourth-order valence-electron chi connectivity index (χ4n) is 3.05. The monoisotopic (exact) mass is 370 g/mol. The van der Waals surface area contributed by atoms with Crippen molar-refractivity contribution in [3.63, 3.8) is 0 Å². The number of likely N-dealkylation sites (tertiary alicyclic amines) is 1. The van der Waals surface area contributed by atoms with Gasteiger partial charge in [-0.1, -0.05) is 19.8 Å². The van der Waals surface area contributed by atoms with Crippen LogP contribution in [0, 0.1) is 30.1 Å². The lowest BCUT2D eigenvalue weighted by molar-refractivity contribution is -0.135. The number of amides is 2. The van der Waals surface area contributed by atoms with Crippen molar-refractivity contribution in [2.45, 2.75) is 51.6 Å². The molecule has 0 aromatic carbocycles. The number of imidazole rings is 1. The largest absolute Gasteiger partial charge is 0.453 e. The fourth-order valence-corrected chi connectivity index (χ4v) is 3.05. The van der Waals surface area contributed by atoms with Gasteiger partial charge < -0.3 is 19.9 Å². The first-order valence-electron chi connectivity index (χ1n) is 9.10. The minimum atomic E-state index is -0.643. The first kappa shape index (κ1) is 20.4. The summed E-state index contributed by atoms with van der Waals surface area (Å²) in [6.07, 6.45) is 9.21. The Balaban J connectivity index is 2.12. The number of ether oxygens (including phenoxy) is 1. The molecule has 1 aliphatic rings. The summed E-state index contributed by atoms with van der Waals surface area (Å²) in [5.41, 5.74) is 0.703. The molecule has 144 valence electrons. The minimum Gasteiger partial charge on any atom is -0.453 e. The number of carbonyl (C=O) groups excluding carboxylic acids is 2. The zero-order valence-electron chi connectivity index (χ0n) is 16.0. The summed E-state index contributed by atoms with van der Waals surface area (Å²) >= 11 is 0. The number of terminal acetylenes is 1. The SMILES string of the molecule is C#CCCC#Cc1cnc([C@@H]2CCCN2C(=O)[C@@H](NC(=O)OC)C(C)C)[nH]1. The van der Waals surface area contributed by atoms with Crippen LogP contribution in [-0.2, 0) is 9.53 Å². The zero-order valence-corrected chi connectivity index (χ0v) is 16.0. The summed E-state index contributed by atoms with van der Waals surface area (Å²) in [6.45, 7) is 4.40. The van der Waals surface area contributed by atoms with Crippen LogP contribution >= 0.6 is 0 Å². The van der Waals surface area contributed by atoms with Gasteiger partial charge in [-0.15, -0.1) is 12.3 Å². The van der Waals surface area contributed by atoms with Crippen LogP contribution in [0.5, 0.6) is 0 Å². The van der Waals surface area contributed by atoms with Crippen LogP contribution in [0.15, 0.2) is 6.20 Å². The van der Waals surface area contributed by atoms with E-state index in [9.17, 15) is 9.59 Å². The molecule has 0 bridgehead atoms. The Morgan fingerprint density at radius 2 is 2.26 bits per heavy atom. The Hall–Kier alpha value is -2.93. The second kappa shape index (κ2) is 9.68. The van der Waals surface area contributed by atoms with Crippen LogP contribution < -0.4 is 5.32 Å². The molecule has 27 heavy (non-hydrogen) atoms. The number of methoxy groups -OCH3 is 1. The van der Waals surface area contributed by atoms with E-state index in [2.05, 4.69) is 37.8 Å². The van der Waals surface area contributed by atoms with Gasteiger partial charge in [0.15, 0.2) is 0 Å². The smallest absolute Gasteiger partial charge is 0.407 e. The molecule has 2 amide bonds. The van der Waals surface area contributed by atoms with Crippen LogP contribution in [-0.4, -0.2) is 46.6 Å². The Labute approximate surface area is 160 Å². The molecule has 2 rings (SSSR count). The lowest BCUT2D eigenvalue weighted by Gasteiger charge is -2.29. The van der Waals surface area contributed by atoms with Crippen LogP contribution in [0.1, 0.15) is 57.1 Å². The summed E-state index contributed by atoms with van der Waals surface area (Å²) in [5.74, 6) is 9.06. The highest BCUT2D eigenvalue weighted by Gasteiger charge is 2.37. The van der Waals surface area contributed by atoms with Gasteiger partial charge in [-0.25, -0.2) is 9.78 Å². The van der Waals surface area contributed by atoms with Gasteiger partial charge in [0, 0.05) is 19.4 Å². The molecule has 0 spiro atoms. The maximum absolute atomic E-state index is 13.0. The van der Waals surface area contributed by atoms with Crippen molar-refractivity contribution in [3.05, 3.63) is 17.7 Å². The average molecular weight is 370 g/mol. The van der Waals surface area contributed by atoms with Crippen LogP contribution in [0.4, 0.5) is 4.79 Å². The van der Waals surface area contributed by atoms with E-state index in [1.54, 1.807) is 11.1 Å². The van der Waals surface area contributed by atoms with Gasteiger partial charge in [-0.05, 0) is 24.7 Å².